The lowest BCUT2D eigenvalue weighted by molar-refractivity contribution is 0.104. The summed E-state index contributed by atoms with van der Waals surface area (Å²) >= 11 is 11.8. The fourth-order valence-electron chi connectivity index (χ4n) is 1.58. The molecule has 0 aliphatic rings. The first-order chi connectivity index (χ1) is 9.06. The fraction of sp³-hybridized carbons (Fsp3) is 0. The minimum atomic E-state index is -0.240. The largest absolute Gasteiger partial charge is 0.508 e. The van der Waals surface area contributed by atoms with Crippen LogP contribution in [0, 0.1) is 0 Å². The van der Waals surface area contributed by atoms with Crippen LogP contribution in [-0.4, -0.2) is 10.9 Å². The number of allylic oxidation sites excluding steroid dienone is 1. The second-order valence-corrected chi connectivity index (χ2v) is 4.76. The molecule has 0 aliphatic heterocycles. The second-order valence-electron chi connectivity index (χ2n) is 3.92. The van der Waals surface area contributed by atoms with Crippen LogP contribution in [0.4, 0.5) is 0 Å². The summed E-state index contributed by atoms with van der Waals surface area (Å²) in [5.74, 6) is -0.0915. The maximum atomic E-state index is 12.0. The molecular formula is C15H10Cl2O2. The van der Waals surface area contributed by atoms with Gasteiger partial charge in [0.1, 0.15) is 5.75 Å². The Hall–Kier alpha value is -1.77. The van der Waals surface area contributed by atoms with Crippen LogP contribution in [0.2, 0.25) is 10.0 Å². The molecule has 0 bridgehead atoms. The van der Waals surface area contributed by atoms with Crippen LogP contribution in [0.5, 0.6) is 5.75 Å². The predicted octanol–water partition coefficient (Wildman–Crippen LogP) is 4.60. The average molecular weight is 293 g/mol. The van der Waals surface area contributed by atoms with E-state index in [1.54, 1.807) is 42.5 Å². The van der Waals surface area contributed by atoms with Crippen molar-refractivity contribution in [2.24, 2.45) is 0 Å². The molecule has 2 aromatic carbocycles. The summed E-state index contributed by atoms with van der Waals surface area (Å²) in [5, 5.41) is 10.1. The van der Waals surface area contributed by atoms with Crippen molar-refractivity contribution in [2.45, 2.75) is 0 Å². The van der Waals surface area contributed by atoms with Gasteiger partial charge in [0.15, 0.2) is 5.78 Å². The standard InChI is InChI=1S/C15H10Cl2O2/c16-11-5-6-14(17)13(9-11)15(19)7-4-10-2-1-3-12(18)8-10/h1-9,18H/b7-4+. The number of phenols is 1. The van der Waals surface area contributed by atoms with Crippen molar-refractivity contribution < 1.29 is 9.90 Å². The average Bonchev–Trinajstić information content (AvgIpc) is 2.39. The highest BCUT2D eigenvalue weighted by atomic mass is 35.5. The highest BCUT2D eigenvalue weighted by molar-refractivity contribution is 6.36. The summed E-state index contributed by atoms with van der Waals surface area (Å²) in [6, 6.07) is 11.3. The molecule has 1 N–H and O–H groups in total. The van der Waals surface area contributed by atoms with Gasteiger partial charge in [-0.3, -0.25) is 4.79 Å². The minimum Gasteiger partial charge on any atom is -0.508 e. The number of carbonyl (C=O) groups excluding carboxylic acids is 1. The maximum absolute atomic E-state index is 12.0. The quantitative estimate of drug-likeness (QED) is 0.663. The topological polar surface area (TPSA) is 37.3 Å². The summed E-state index contributed by atoms with van der Waals surface area (Å²) in [7, 11) is 0. The van der Waals surface area contributed by atoms with E-state index in [0.717, 1.165) is 5.56 Å². The van der Waals surface area contributed by atoms with Crippen molar-refractivity contribution in [2.75, 3.05) is 0 Å². The van der Waals surface area contributed by atoms with Crippen LogP contribution in [-0.2, 0) is 0 Å². The third-order valence-electron chi connectivity index (χ3n) is 2.49. The molecule has 4 heteroatoms. The van der Waals surface area contributed by atoms with Gasteiger partial charge in [-0.2, -0.15) is 0 Å². The van der Waals surface area contributed by atoms with E-state index >= 15 is 0 Å². The monoisotopic (exact) mass is 292 g/mol. The van der Waals surface area contributed by atoms with Crippen LogP contribution in [0.25, 0.3) is 6.08 Å². The molecule has 0 saturated carbocycles. The van der Waals surface area contributed by atoms with Gasteiger partial charge in [-0.1, -0.05) is 41.4 Å². The van der Waals surface area contributed by atoms with Crippen molar-refractivity contribution in [1.82, 2.24) is 0 Å². The first-order valence-corrected chi connectivity index (χ1v) is 6.28. The lowest BCUT2D eigenvalue weighted by Gasteiger charge is -2.00. The van der Waals surface area contributed by atoms with E-state index < -0.39 is 0 Å². The molecule has 0 radical (unpaired) electrons. The second kappa shape index (κ2) is 5.91. The number of hydrogen-bond acceptors (Lipinski definition) is 2. The number of halogens is 2. The molecule has 0 spiro atoms. The molecule has 0 aliphatic carbocycles. The Morgan fingerprint density at radius 2 is 1.89 bits per heavy atom. The normalized spacial score (nSPS) is 10.8. The number of ketones is 1. The molecule has 0 heterocycles. The Balaban J connectivity index is 2.23. The van der Waals surface area contributed by atoms with Crippen molar-refractivity contribution in [1.29, 1.82) is 0 Å². The fourth-order valence-corrected chi connectivity index (χ4v) is 1.96. The van der Waals surface area contributed by atoms with E-state index in [2.05, 4.69) is 0 Å². The van der Waals surface area contributed by atoms with E-state index in [0.29, 0.717) is 15.6 Å². The summed E-state index contributed by atoms with van der Waals surface area (Å²) in [6.07, 6.45) is 3.01. The first kappa shape index (κ1) is 13.7. The summed E-state index contributed by atoms with van der Waals surface area (Å²) in [4.78, 5) is 12.0. The third-order valence-corrected chi connectivity index (χ3v) is 3.06. The molecule has 0 aromatic heterocycles. The van der Waals surface area contributed by atoms with Gasteiger partial charge in [0.05, 0.1) is 5.02 Å². The van der Waals surface area contributed by atoms with Gasteiger partial charge in [-0.05, 0) is 42.0 Å². The number of carbonyl (C=O) groups is 1. The summed E-state index contributed by atoms with van der Waals surface area (Å²) < 4.78 is 0. The zero-order valence-corrected chi connectivity index (χ0v) is 11.3. The van der Waals surface area contributed by atoms with E-state index in [1.165, 1.54) is 12.1 Å². The molecular weight excluding hydrogens is 283 g/mol. The van der Waals surface area contributed by atoms with Crippen LogP contribution in [0.3, 0.4) is 0 Å². The number of rotatable bonds is 3. The zero-order chi connectivity index (χ0) is 13.8. The van der Waals surface area contributed by atoms with Gasteiger partial charge >= 0.3 is 0 Å². The van der Waals surface area contributed by atoms with Gasteiger partial charge in [-0.15, -0.1) is 0 Å². The molecule has 2 aromatic rings. The van der Waals surface area contributed by atoms with Gasteiger partial charge in [0.25, 0.3) is 0 Å². The highest BCUT2D eigenvalue weighted by Gasteiger charge is 2.07. The van der Waals surface area contributed by atoms with Gasteiger partial charge in [0, 0.05) is 10.6 Å². The van der Waals surface area contributed by atoms with Crippen LogP contribution in [0.15, 0.2) is 48.5 Å². The van der Waals surface area contributed by atoms with E-state index in [4.69, 9.17) is 23.2 Å². The molecule has 0 amide bonds. The minimum absolute atomic E-state index is 0.149. The smallest absolute Gasteiger partial charge is 0.187 e. The number of aromatic hydroxyl groups is 1. The third kappa shape index (κ3) is 3.60. The molecule has 96 valence electrons. The van der Waals surface area contributed by atoms with Crippen molar-refractivity contribution in [3.8, 4) is 5.75 Å². The molecule has 19 heavy (non-hydrogen) atoms. The number of hydrogen-bond donors (Lipinski definition) is 1. The Labute approximate surface area is 120 Å². The van der Waals surface area contributed by atoms with Crippen LogP contribution < -0.4 is 0 Å². The van der Waals surface area contributed by atoms with Crippen LogP contribution in [0.1, 0.15) is 15.9 Å². The van der Waals surface area contributed by atoms with Gasteiger partial charge in [-0.25, -0.2) is 0 Å². The number of benzene rings is 2. The van der Waals surface area contributed by atoms with E-state index in [1.807, 2.05) is 0 Å². The Morgan fingerprint density at radius 1 is 1.11 bits per heavy atom. The van der Waals surface area contributed by atoms with Gasteiger partial charge < -0.3 is 5.11 Å². The Kier molecular flexibility index (Phi) is 4.25. The molecule has 0 atom stereocenters. The SMILES string of the molecule is O=C(/C=C/c1cccc(O)c1)c1cc(Cl)ccc1Cl. The van der Waals surface area contributed by atoms with Crippen molar-refractivity contribution in [3.05, 3.63) is 69.7 Å². The molecule has 2 rings (SSSR count). The van der Waals surface area contributed by atoms with E-state index in [-0.39, 0.29) is 11.5 Å². The zero-order valence-electron chi connectivity index (χ0n) is 9.81. The predicted molar refractivity (Wildman–Crippen MR) is 77.9 cm³/mol. The first-order valence-electron chi connectivity index (χ1n) is 5.53. The van der Waals surface area contributed by atoms with Crippen LogP contribution >= 0.6 is 23.2 Å². The molecule has 0 fully saturated rings. The lowest BCUT2D eigenvalue weighted by atomic mass is 10.1. The summed E-state index contributed by atoms with van der Waals surface area (Å²) in [5.41, 5.74) is 1.08. The molecule has 2 nitrogen and oxygen atoms in total. The molecule has 0 saturated heterocycles. The Bertz CT molecular complexity index is 648. The maximum Gasteiger partial charge on any atom is 0.187 e. The molecule has 0 unspecified atom stereocenters. The van der Waals surface area contributed by atoms with Crippen molar-refractivity contribution in [3.63, 3.8) is 0 Å². The summed E-state index contributed by atoms with van der Waals surface area (Å²) in [6.45, 7) is 0. The number of phenolic OH excluding ortho intramolecular Hbond substituents is 1. The lowest BCUT2D eigenvalue weighted by Crippen LogP contribution is -1.95. The van der Waals surface area contributed by atoms with E-state index in [9.17, 15) is 9.90 Å². The Morgan fingerprint density at radius 3 is 2.63 bits per heavy atom. The van der Waals surface area contributed by atoms with Gasteiger partial charge in [0.2, 0.25) is 0 Å². The highest BCUT2D eigenvalue weighted by Crippen LogP contribution is 2.22. The van der Waals surface area contributed by atoms with Crippen molar-refractivity contribution >= 4 is 35.1 Å².